The smallest absolute Gasteiger partial charge is 0.229 e. The molecule has 5 heteroatoms. The van der Waals surface area contributed by atoms with Crippen LogP contribution in [0.3, 0.4) is 0 Å². The van der Waals surface area contributed by atoms with Crippen LogP contribution in [0.4, 0.5) is 0 Å². The molecule has 4 rings (SSSR count). The van der Waals surface area contributed by atoms with Crippen LogP contribution in [0.15, 0.2) is 28.8 Å². The monoisotopic (exact) mass is 285 g/mol. The minimum Gasteiger partial charge on any atom is -0.394 e. The maximum absolute atomic E-state index is 9.92. The maximum Gasteiger partial charge on any atom is 0.229 e. The van der Waals surface area contributed by atoms with E-state index in [1.807, 2.05) is 12.1 Å². The quantitative estimate of drug-likeness (QED) is 0.877. The van der Waals surface area contributed by atoms with E-state index in [0.717, 1.165) is 31.6 Å². The standard InChI is InChI=1S/C16H19N3O2/c20-10-16(8-7-11-3-1-2-4-13(11)16)17-9-14-18-15(21-19-14)12-5-6-12/h1-4,12,17,20H,5-10H2. The molecule has 1 aromatic heterocycles. The molecule has 21 heavy (non-hydrogen) atoms. The lowest BCUT2D eigenvalue weighted by atomic mass is 9.92. The van der Waals surface area contributed by atoms with Gasteiger partial charge in [0.15, 0.2) is 5.82 Å². The van der Waals surface area contributed by atoms with Gasteiger partial charge in [0, 0.05) is 5.92 Å². The van der Waals surface area contributed by atoms with E-state index in [1.165, 1.54) is 11.1 Å². The predicted molar refractivity (Wildman–Crippen MR) is 76.6 cm³/mol. The Labute approximate surface area is 123 Å². The van der Waals surface area contributed by atoms with Gasteiger partial charge in [-0.25, -0.2) is 0 Å². The zero-order valence-corrected chi connectivity index (χ0v) is 11.9. The predicted octanol–water partition coefficient (Wildman–Crippen LogP) is 1.87. The van der Waals surface area contributed by atoms with Crippen molar-refractivity contribution in [2.75, 3.05) is 6.61 Å². The molecule has 0 spiro atoms. The topological polar surface area (TPSA) is 71.2 Å². The van der Waals surface area contributed by atoms with Crippen molar-refractivity contribution < 1.29 is 9.63 Å². The Morgan fingerprint density at radius 1 is 1.33 bits per heavy atom. The summed E-state index contributed by atoms with van der Waals surface area (Å²) in [6.07, 6.45) is 4.20. The van der Waals surface area contributed by atoms with Gasteiger partial charge in [-0.15, -0.1) is 0 Å². The second-order valence-corrected chi connectivity index (χ2v) is 6.07. The number of hydrogen-bond acceptors (Lipinski definition) is 5. The van der Waals surface area contributed by atoms with Crippen molar-refractivity contribution in [2.24, 2.45) is 0 Å². The van der Waals surface area contributed by atoms with Gasteiger partial charge in [0.25, 0.3) is 0 Å². The third kappa shape index (κ3) is 2.26. The molecule has 2 aliphatic carbocycles. The second-order valence-electron chi connectivity index (χ2n) is 6.07. The summed E-state index contributed by atoms with van der Waals surface area (Å²) in [6, 6.07) is 8.30. The lowest BCUT2D eigenvalue weighted by molar-refractivity contribution is 0.157. The van der Waals surface area contributed by atoms with E-state index < -0.39 is 0 Å². The largest absolute Gasteiger partial charge is 0.394 e. The van der Waals surface area contributed by atoms with Crippen molar-refractivity contribution in [2.45, 2.75) is 43.7 Å². The average Bonchev–Trinajstić information content (AvgIpc) is 3.16. The van der Waals surface area contributed by atoms with Gasteiger partial charge in [-0.2, -0.15) is 4.98 Å². The molecule has 2 N–H and O–H groups in total. The molecule has 0 saturated heterocycles. The van der Waals surface area contributed by atoms with Crippen LogP contribution in [0.25, 0.3) is 0 Å². The Hall–Kier alpha value is -1.72. The minimum atomic E-state index is -0.378. The lowest BCUT2D eigenvalue weighted by Gasteiger charge is -2.29. The van der Waals surface area contributed by atoms with E-state index in [4.69, 9.17) is 4.52 Å². The molecule has 1 unspecified atom stereocenters. The van der Waals surface area contributed by atoms with E-state index in [-0.39, 0.29) is 12.1 Å². The van der Waals surface area contributed by atoms with Crippen LogP contribution >= 0.6 is 0 Å². The summed E-state index contributed by atoms with van der Waals surface area (Å²) in [7, 11) is 0. The Bertz CT molecular complexity index is 650. The molecule has 110 valence electrons. The van der Waals surface area contributed by atoms with Crippen LogP contribution in [0.2, 0.25) is 0 Å². The van der Waals surface area contributed by atoms with Crippen LogP contribution in [0.1, 0.15) is 48.0 Å². The van der Waals surface area contributed by atoms with Crippen molar-refractivity contribution >= 4 is 0 Å². The average molecular weight is 285 g/mol. The lowest BCUT2D eigenvalue weighted by Crippen LogP contribution is -2.43. The number of fused-ring (bicyclic) bond motifs is 1. The van der Waals surface area contributed by atoms with Gasteiger partial charge in [-0.1, -0.05) is 29.4 Å². The Balaban J connectivity index is 1.51. The maximum atomic E-state index is 9.92. The van der Waals surface area contributed by atoms with Crippen LogP contribution in [-0.4, -0.2) is 21.9 Å². The van der Waals surface area contributed by atoms with Crippen molar-refractivity contribution in [1.29, 1.82) is 0 Å². The highest BCUT2D eigenvalue weighted by atomic mass is 16.5. The fourth-order valence-corrected chi connectivity index (χ4v) is 3.18. The molecule has 1 aromatic carbocycles. The molecule has 5 nitrogen and oxygen atoms in total. The van der Waals surface area contributed by atoms with Gasteiger partial charge in [0.1, 0.15) is 0 Å². The van der Waals surface area contributed by atoms with Crippen molar-refractivity contribution in [3.8, 4) is 0 Å². The number of aryl methyl sites for hydroxylation is 1. The van der Waals surface area contributed by atoms with Crippen molar-refractivity contribution in [1.82, 2.24) is 15.5 Å². The molecule has 2 aliphatic rings. The van der Waals surface area contributed by atoms with Crippen molar-refractivity contribution in [3.63, 3.8) is 0 Å². The third-order valence-electron chi connectivity index (χ3n) is 4.62. The summed E-state index contributed by atoms with van der Waals surface area (Å²) in [5.41, 5.74) is 2.13. The molecule has 1 heterocycles. The number of aromatic nitrogens is 2. The molecule has 0 bridgehead atoms. The summed E-state index contributed by atoms with van der Waals surface area (Å²) >= 11 is 0. The number of nitrogens with one attached hydrogen (secondary N) is 1. The first-order chi connectivity index (χ1) is 10.3. The highest BCUT2D eigenvalue weighted by Gasteiger charge is 2.38. The van der Waals surface area contributed by atoms with Gasteiger partial charge in [0.2, 0.25) is 5.89 Å². The highest BCUT2D eigenvalue weighted by Crippen LogP contribution is 2.39. The van der Waals surface area contributed by atoms with E-state index in [2.05, 4.69) is 27.6 Å². The summed E-state index contributed by atoms with van der Waals surface area (Å²) in [6.45, 7) is 0.600. The fraction of sp³-hybridized carbons (Fsp3) is 0.500. The van der Waals surface area contributed by atoms with Crippen molar-refractivity contribution in [3.05, 3.63) is 47.1 Å². The van der Waals surface area contributed by atoms with Gasteiger partial charge in [-0.3, -0.25) is 5.32 Å². The Kier molecular flexibility index (Phi) is 3.05. The third-order valence-corrected chi connectivity index (χ3v) is 4.62. The zero-order valence-electron chi connectivity index (χ0n) is 11.9. The molecule has 1 fully saturated rings. The molecular formula is C16H19N3O2. The van der Waals surface area contributed by atoms with Crippen LogP contribution < -0.4 is 5.32 Å². The molecule has 1 atom stereocenters. The van der Waals surface area contributed by atoms with Crippen LogP contribution in [0, 0.1) is 0 Å². The van der Waals surface area contributed by atoms with Crippen LogP contribution in [-0.2, 0) is 18.5 Å². The second kappa shape index (κ2) is 4.93. The van der Waals surface area contributed by atoms with Gasteiger partial charge in [-0.05, 0) is 36.8 Å². The number of hydrogen-bond donors (Lipinski definition) is 2. The number of nitrogens with zero attached hydrogens (tertiary/aromatic N) is 2. The summed E-state index contributed by atoms with van der Waals surface area (Å²) in [4.78, 5) is 4.43. The highest BCUT2D eigenvalue weighted by molar-refractivity contribution is 5.38. The molecule has 0 amide bonds. The number of aliphatic hydroxyl groups is 1. The molecule has 2 aromatic rings. The summed E-state index contributed by atoms with van der Waals surface area (Å²) in [5, 5.41) is 17.4. The molecule has 0 aliphatic heterocycles. The van der Waals surface area contributed by atoms with E-state index in [9.17, 15) is 5.11 Å². The molecular weight excluding hydrogens is 266 g/mol. The van der Waals surface area contributed by atoms with Gasteiger partial charge < -0.3 is 9.63 Å². The SMILES string of the molecule is OCC1(NCc2noc(C3CC3)n2)CCc2ccccc21. The fourth-order valence-electron chi connectivity index (χ4n) is 3.18. The number of benzene rings is 1. The first-order valence-electron chi connectivity index (χ1n) is 7.57. The summed E-state index contributed by atoms with van der Waals surface area (Å²) in [5.74, 6) is 1.91. The number of aliphatic hydroxyl groups excluding tert-OH is 1. The zero-order chi connectivity index (χ0) is 14.3. The minimum absolute atomic E-state index is 0.0807. The van der Waals surface area contributed by atoms with Gasteiger partial charge >= 0.3 is 0 Å². The first kappa shape index (κ1) is 13.0. The summed E-state index contributed by atoms with van der Waals surface area (Å²) < 4.78 is 5.28. The van der Waals surface area contributed by atoms with E-state index in [1.54, 1.807) is 0 Å². The molecule has 0 radical (unpaired) electrons. The first-order valence-corrected chi connectivity index (χ1v) is 7.57. The van der Waals surface area contributed by atoms with Gasteiger partial charge in [0.05, 0.1) is 18.7 Å². The van der Waals surface area contributed by atoms with E-state index in [0.29, 0.717) is 18.3 Å². The van der Waals surface area contributed by atoms with E-state index >= 15 is 0 Å². The number of rotatable bonds is 5. The Morgan fingerprint density at radius 2 is 2.19 bits per heavy atom. The molecule has 1 saturated carbocycles. The van der Waals surface area contributed by atoms with Crippen LogP contribution in [0.5, 0.6) is 0 Å². The normalized spacial score (nSPS) is 24.2. The Morgan fingerprint density at radius 3 is 3.00 bits per heavy atom.